The van der Waals surface area contributed by atoms with Crippen LogP contribution in [-0.2, 0) is 4.79 Å². The van der Waals surface area contributed by atoms with Gasteiger partial charge in [0.05, 0.1) is 12.1 Å². The summed E-state index contributed by atoms with van der Waals surface area (Å²) in [4.78, 5) is 39.9. The Balaban J connectivity index is 1.35. The lowest BCUT2D eigenvalue weighted by atomic mass is 10.1. The van der Waals surface area contributed by atoms with Crippen molar-refractivity contribution in [3.63, 3.8) is 0 Å². The van der Waals surface area contributed by atoms with Crippen molar-refractivity contribution in [3.05, 3.63) is 30.1 Å². The zero-order chi connectivity index (χ0) is 20.2. The predicted molar refractivity (Wildman–Crippen MR) is 112 cm³/mol. The van der Waals surface area contributed by atoms with Crippen molar-refractivity contribution in [3.8, 4) is 0 Å². The Hall–Kier alpha value is -2.74. The number of benzene rings is 1. The Kier molecular flexibility index (Phi) is 5.89. The van der Waals surface area contributed by atoms with E-state index in [1.165, 1.54) is 12.7 Å². The van der Waals surface area contributed by atoms with E-state index in [-0.39, 0.29) is 11.8 Å². The molecular formula is C21H28N6O2. The van der Waals surface area contributed by atoms with Crippen molar-refractivity contribution in [2.45, 2.75) is 19.3 Å². The molecule has 2 aliphatic rings. The van der Waals surface area contributed by atoms with E-state index in [2.05, 4.69) is 20.2 Å². The van der Waals surface area contributed by atoms with E-state index >= 15 is 0 Å². The minimum absolute atomic E-state index is 0.0125. The van der Waals surface area contributed by atoms with Crippen molar-refractivity contribution < 1.29 is 9.59 Å². The number of hydrogen-bond donors (Lipinski definition) is 1. The molecule has 0 aliphatic carbocycles. The molecule has 1 aromatic heterocycles. The lowest BCUT2D eigenvalue weighted by Crippen LogP contribution is -2.52. The number of carbonyl (C=O) groups is 2. The molecule has 29 heavy (non-hydrogen) atoms. The number of nitrogens with one attached hydrogen (secondary N) is 1. The molecular weight excluding hydrogens is 368 g/mol. The first-order chi connectivity index (χ1) is 14.2. The Morgan fingerprint density at radius 3 is 2.45 bits per heavy atom. The lowest BCUT2D eigenvalue weighted by Gasteiger charge is -2.36. The maximum absolute atomic E-state index is 12.9. The van der Waals surface area contributed by atoms with Gasteiger partial charge in [0.15, 0.2) is 0 Å². The molecule has 1 N–H and O–H groups in total. The Labute approximate surface area is 170 Å². The van der Waals surface area contributed by atoms with Crippen LogP contribution in [0.1, 0.15) is 29.6 Å². The number of likely N-dealkylation sites (tertiary alicyclic amines) is 1. The molecule has 4 rings (SSSR count). The highest BCUT2D eigenvalue weighted by Gasteiger charge is 2.25. The first-order valence-electron chi connectivity index (χ1n) is 10.4. The molecule has 3 heterocycles. The molecule has 1 aromatic carbocycles. The second-order valence-corrected chi connectivity index (χ2v) is 7.71. The second-order valence-electron chi connectivity index (χ2n) is 7.71. The van der Waals surface area contributed by atoms with Crippen LogP contribution < -0.4 is 5.32 Å². The van der Waals surface area contributed by atoms with Crippen LogP contribution in [0.15, 0.2) is 24.5 Å². The van der Waals surface area contributed by atoms with Gasteiger partial charge in [0, 0.05) is 57.3 Å². The number of piperidine rings is 1. The second kappa shape index (κ2) is 8.73. The van der Waals surface area contributed by atoms with Gasteiger partial charge in [-0.2, -0.15) is 0 Å². The number of nitrogens with zero attached hydrogens (tertiary/aromatic N) is 5. The quantitative estimate of drug-likeness (QED) is 0.842. The number of piperazine rings is 1. The van der Waals surface area contributed by atoms with Gasteiger partial charge < -0.3 is 15.1 Å². The van der Waals surface area contributed by atoms with Crippen LogP contribution in [0.2, 0.25) is 0 Å². The highest BCUT2D eigenvalue weighted by Crippen LogP contribution is 2.21. The third-order valence-electron chi connectivity index (χ3n) is 5.85. The normalized spacial score (nSPS) is 18.1. The molecule has 2 aliphatic heterocycles. The van der Waals surface area contributed by atoms with Crippen molar-refractivity contribution >= 4 is 28.5 Å². The zero-order valence-corrected chi connectivity index (χ0v) is 16.9. The molecule has 0 atom stereocenters. The standard InChI is InChI=1S/C21H28N6O2/c1-22-20-17-6-5-16(13-18(17)23-15-24-20)21(29)27-11-9-25(10-12-27)14-19(28)26-7-3-2-4-8-26/h5-6,13,15H,2-4,7-12,14H2,1H3,(H,22,23,24). The third kappa shape index (κ3) is 4.32. The van der Waals surface area contributed by atoms with Crippen LogP contribution in [0.3, 0.4) is 0 Å². The maximum Gasteiger partial charge on any atom is 0.254 e. The van der Waals surface area contributed by atoms with E-state index in [1.54, 1.807) is 0 Å². The number of amides is 2. The van der Waals surface area contributed by atoms with E-state index in [0.717, 1.165) is 55.7 Å². The summed E-state index contributed by atoms with van der Waals surface area (Å²) in [5.41, 5.74) is 1.39. The summed E-state index contributed by atoms with van der Waals surface area (Å²) in [7, 11) is 1.82. The van der Waals surface area contributed by atoms with Crippen LogP contribution >= 0.6 is 0 Å². The van der Waals surface area contributed by atoms with Gasteiger partial charge in [-0.05, 0) is 37.5 Å². The minimum atomic E-state index is 0.0125. The van der Waals surface area contributed by atoms with Gasteiger partial charge >= 0.3 is 0 Å². The SMILES string of the molecule is CNc1ncnc2cc(C(=O)N3CCN(CC(=O)N4CCCCC4)CC3)ccc12. The molecule has 154 valence electrons. The van der Waals surface area contributed by atoms with E-state index in [1.807, 2.05) is 35.0 Å². The van der Waals surface area contributed by atoms with Crippen LogP contribution in [0, 0.1) is 0 Å². The average Bonchev–Trinajstić information content (AvgIpc) is 2.79. The number of anilines is 1. The fourth-order valence-electron chi connectivity index (χ4n) is 4.12. The predicted octanol–water partition coefficient (Wildman–Crippen LogP) is 1.44. The summed E-state index contributed by atoms with van der Waals surface area (Å²) in [6.07, 6.45) is 4.95. The highest BCUT2D eigenvalue weighted by molar-refractivity contribution is 5.99. The summed E-state index contributed by atoms with van der Waals surface area (Å²) in [6, 6.07) is 5.55. The highest BCUT2D eigenvalue weighted by atomic mass is 16.2. The summed E-state index contributed by atoms with van der Waals surface area (Å²) in [5, 5.41) is 3.94. The molecule has 0 radical (unpaired) electrons. The number of rotatable bonds is 4. The molecule has 2 fully saturated rings. The van der Waals surface area contributed by atoms with Gasteiger partial charge in [-0.25, -0.2) is 9.97 Å². The van der Waals surface area contributed by atoms with Crippen LogP contribution in [0.4, 0.5) is 5.82 Å². The van der Waals surface area contributed by atoms with E-state index in [9.17, 15) is 9.59 Å². The van der Waals surface area contributed by atoms with Crippen molar-refractivity contribution in [2.75, 3.05) is 58.2 Å². The van der Waals surface area contributed by atoms with E-state index in [4.69, 9.17) is 0 Å². The topological polar surface area (TPSA) is 81.7 Å². The Bertz CT molecular complexity index is 888. The number of hydrogen-bond acceptors (Lipinski definition) is 6. The summed E-state index contributed by atoms with van der Waals surface area (Å²) >= 11 is 0. The van der Waals surface area contributed by atoms with Gasteiger partial charge in [0.25, 0.3) is 5.91 Å². The summed E-state index contributed by atoms with van der Waals surface area (Å²) in [5.74, 6) is 0.985. The molecule has 8 heteroatoms. The molecule has 0 saturated carbocycles. The first kappa shape index (κ1) is 19.6. The monoisotopic (exact) mass is 396 g/mol. The van der Waals surface area contributed by atoms with Gasteiger partial charge in [-0.3, -0.25) is 14.5 Å². The Morgan fingerprint density at radius 2 is 1.72 bits per heavy atom. The van der Waals surface area contributed by atoms with E-state index < -0.39 is 0 Å². The fraction of sp³-hybridized carbons (Fsp3) is 0.524. The van der Waals surface area contributed by atoms with Crippen LogP contribution in [0.25, 0.3) is 10.9 Å². The molecule has 2 aromatic rings. The molecule has 8 nitrogen and oxygen atoms in total. The van der Waals surface area contributed by atoms with Crippen molar-refractivity contribution in [1.82, 2.24) is 24.7 Å². The van der Waals surface area contributed by atoms with Gasteiger partial charge in [-0.1, -0.05) is 0 Å². The molecule has 2 saturated heterocycles. The third-order valence-corrected chi connectivity index (χ3v) is 5.85. The summed E-state index contributed by atoms with van der Waals surface area (Å²) < 4.78 is 0. The zero-order valence-electron chi connectivity index (χ0n) is 16.9. The number of carbonyl (C=O) groups excluding carboxylic acids is 2. The first-order valence-corrected chi connectivity index (χ1v) is 10.4. The molecule has 2 amide bonds. The van der Waals surface area contributed by atoms with Crippen LogP contribution in [0.5, 0.6) is 0 Å². The van der Waals surface area contributed by atoms with Gasteiger partial charge in [0.2, 0.25) is 5.91 Å². The van der Waals surface area contributed by atoms with E-state index in [0.29, 0.717) is 25.2 Å². The fourth-order valence-corrected chi connectivity index (χ4v) is 4.12. The molecule has 0 spiro atoms. The minimum Gasteiger partial charge on any atom is -0.373 e. The number of aromatic nitrogens is 2. The number of fused-ring (bicyclic) bond motifs is 1. The lowest BCUT2D eigenvalue weighted by molar-refractivity contribution is -0.133. The largest absolute Gasteiger partial charge is 0.373 e. The Morgan fingerprint density at radius 1 is 0.966 bits per heavy atom. The summed E-state index contributed by atoms with van der Waals surface area (Å²) in [6.45, 7) is 4.96. The van der Waals surface area contributed by atoms with Gasteiger partial charge in [0.1, 0.15) is 12.1 Å². The van der Waals surface area contributed by atoms with Crippen LogP contribution in [-0.4, -0.2) is 89.3 Å². The molecule has 0 bridgehead atoms. The van der Waals surface area contributed by atoms with Gasteiger partial charge in [-0.15, -0.1) is 0 Å². The van der Waals surface area contributed by atoms with Crippen molar-refractivity contribution in [1.29, 1.82) is 0 Å². The smallest absolute Gasteiger partial charge is 0.254 e. The maximum atomic E-state index is 12.9. The van der Waals surface area contributed by atoms with Crippen molar-refractivity contribution in [2.24, 2.45) is 0 Å². The molecule has 0 unspecified atom stereocenters. The average molecular weight is 396 g/mol.